The van der Waals surface area contributed by atoms with E-state index >= 15 is 0 Å². The molecule has 1 aromatic carbocycles. The van der Waals surface area contributed by atoms with Crippen molar-refractivity contribution in [1.29, 1.82) is 0 Å². The summed E-state index contributed by atoms with van der Waals surface area (Å²) in [5.41, 5.74) is 6.70. The summed E-state index contributed by atoms with van der Waals surface area (Å²) in [4.78, 5) is 13.0. The summed E-state index contributed by atoms with van der Waals surface area (Å²) in [6.45, 7) is 1.92. The number of halogens is 1. The van der Waals surface area contributed by atoms with Gasteiger partial charge >= 0.3 is 0 Å². The van der Waals surface area contributed by atoms with E-state index < -0.39 is 5.54 Å². The zero-order valence-corrected chi connectivity index (χ0v) is 14.4. The maximum absolute atomic E-state index is 14.4. The minimum Gasteiger partial charge on any atom is -0.481 e. The summed E-state index contributed by atoms with van der Waals surface area (Å²) in [6, 6.07) is 6.75. The predicted octanol–water partition coefficient (Wildman–Crippen LogP) is 2.88. The van der Waals surface area contributed by atoms with Gasteiger partial charge in [0.1, 0.15) is 11.6 Å². The Kier molecular flexibility index (Phi) is 4.71. The number of benzene rings is 1. The first-order valence-corrected chi connectivity index (χ1v) is 8.62. The molecule has 0 unspecified atom stereocenters. The average Bonchev–Trinajstić information content (AvgIpc) is 2.56. The molecule has 0 radical (unpaired) electrons. The normalized spacial score (nSPS) is 20.5. The van der Waals surface area contributed by atoms with Crippen LogP contribution in [0.5, 0.6) is 5.88 Å². The van der Waals surface area contributed by atoms with Gasteiger partial charge in [-0.2, -0.15) is 4.98 Å². The molecule has 0 saturated carbocycles. The Balaban J connectivity index is 1.93. The van der Waals surface area contributed by atoms with Crippen molar-refractivity contribution in [2.75, 3.05) is 12.9 Å². The lowest BCUT2D eigenvalue weighted by Gasteiger charge is -2.30. The first-order chi connectivity index (χ1) is 11.5. The van der Waals surface area contributed by atoms with Crippen molar-refractivity contribution in [3.8, 4) is 5.88 Å². The summed E-state index contributed by atoms with van der Waals surface area (Å²) in [6.07, 6.45) is 2.89. The lowest BCUT2D eigenvalue weighted by molar-refractivity contribution is 0.395. The number of methoxy groups -OCH3 is 1. The molecule has 24 heavy (non-hydrogen) atoms. The molecule has 1 aromatic heterocycles. The van der Waals surface area contributed by atoms with Crippen LogP contribution in [0.4, 0.5) is 4.39 Å². The molecule has 126 valence electrons. The van der Waals surface area contributed by atoms with E-state index in [-0.39, 0.29) is 5.82 Å². The van der Waals surface area contributed by atoms with Gasteiger partial charge in [-0.25, -0.2) is 9.37 Å². The molecule has 1 aliphatic rings. The van der Waals surface area contributed by atoms with Crippen molar-refractivity contribution in [3.63, 3.8) is 0 Å². The van der Waals surface area contributed by atoms with Crippen LogP contribution < -0.4 is 10.5 Å². The summed E-state index contributed by atoms with van der Waals surface area (Å²) >= 11 is 1.50. The Bertz CT molecular complexity index is 783. The lowest BCUT2D eigenvalue weighted by Crippen LogP contribution is -2.29. The van der Waals surface area contributed by atoms with Crippen molar-refractivity contribution in [1.82, 2.24) is 9.97 Å². The van der Waals surface area contributed by atoms with Crippen LogP contribution in [0.2, 0.25) is 0 Å². The van der Waals surface area contributed by atoms with E-state index in [1.54, 1.807) is 25.4 Å². The van der Waals surface area contributed by atoms with Gasteiger partial charge in [-0.1, -0.05) is 17.8 Å². The molecular formula is C17H19FN4OS. The SMILES string of the molecule is COc1ccnc(Cc2ccc(F)c([C@]3(C)CCSC(N)=N3)c2)n1. The summed E-state index contributed by atoms with van der Waals surface area (Å²) in [5, 5.41) is 0.504. The van der Waals surface area contributed by atoms with Gasteiger partial charge in [0.15, 0.2) is 5.17 Å². The van der Waals surface area contributed by atoms with Gasteiger partial charge in [0.05, 0.1) is 12.6 Å². The van der Waals surface area contributed by atoms with Gasteiger partial charge in [-0.3, -0.25) is 4.99 Å². The Morgan fingerprint density at radius 1 is 1.38 bits per heavy atom. The van der Waals surface area contributed by atoms with E-state index in [1.807, 2.05) is 13.0 Å². The number of ether oxygens (including phenoxy) is 1. The quantitative estimate of drug-likeness (QED) is 0.921. The third kappa shape index (κ3) is 3.51. The highest BCUT2D eigenvalue weighted by Crippen LogP contribution is 2.36. The second kappa shape index (κ2) is 6.76. The standard InChI is InChI=1S/C17H19FN4OS/c1-17(6-8-24-16(19)22-17)12-9-11(3-4-13(12)18)10-14-20-7-5-15(21-14)23-2/h3-5,7,9H,6,8,10H2,1-2H3,(H2,19,22)/t17-/m0/s1. The highest BCUT2D eigenvalue weighted by atomic mass is 32.2. The van der Waals surface area contributed by atoms with Gasteiger partial charge in [0, 0.05) is 30.0 Å². The van der Waals surface area contributed by atoms with Gasteiger partial charge in [0.2, 0.25) is 5.88 Å². The molecule has 2 heterocycles. The van der Waals surface area contributed by atoms with Crippen molar-refractivity contribution >= 4 is 16.9 Å². The van der Waals surface area contributed by atoms with Crippen LogP contribution in [-0.4, -0.2) is 28.0 Å². The first-order valence-electron chi connectivity index (χ1n) is 7.63. The van der Waals surface area contributed by atoms with E-state index in [2.05, 4.69) is 15.0 Å². The third-order valence-electron chi connectivity index (χ3n) is 4.06. The lowest BCUT2D eigenvalue weighted by atomic mass is 9.88. The number of nitrogens with two attached hydrogens (primary N) is 1. The van der Waals surface area contributed by atoms with E-state index in [1.165, 1.54) is 17.8 Å². The molecule has 0 saturated heterocycles. The number of rotatable bonds is 4. The highest BCUT2D eigenvalue weighted by Gasteiger charge is 2.32. The van der Waals surface area contributed by atoms with Crippen molar-refractivity contribution in [3.05, 3.63) is 53.2 Å². The number of hydrogen-bond donors (Lipinski definition) is 1. The zero-order chi connectivity index (χ0) is 17.2. The Morgan fingerprint density at radius 3 is 2.96 bits per heavy atom. The molecule has 7 heteroatoms. The summed E-state index contributed by atoms with van der Waals surface area (Å²) in [7, 11) is 1.56. The molecule has 2 N–H and O–H groups in total. The summed E-state index contributed by atoms with van der Waals surface area (Å²) < 4.78 is 19.5. The molecule has 0 fully saturated rings. The van der Waals surface area contributed by atoms with Crippen LogP contribution in [0.1, 0.15) is 30.3 Å². The topological polar surface area (TPSA) is 73.4 Å². The molecule has 0 aliphatic carbocycles. The van der Waals surface area contributed by atoms with Crippen LogP contribution in [0.15, 0.2) is 35.5 Å². The maximum atomic E-state index is 14.4. The molecule has 0 amide bonds. The minimum atomic E-state index is -0.634. The summed E-state index contributed by atoms with van der Waals surface area (Å²) in [5.74, 6) is 1.70. The Morgan fingerprint density at radius 2 is 2.21 bits per heavy atom. The maximum Gasteiger partial charge on any atom is 0.216 e. The van der Waals surface area contributed by atoms with Crippen LogP contribution in [0.25, 0.3) is 0 Å². The molecule has 2 aromatic rings. The smallest absolute Gasteiger partial charge is 0.216 e. The molecular weight excluding hydrogens is 327 g/mol. The van der Waals surface area contributed by atoms with Gasteiger partial charge in [-0.05, 0) is 31.0 Å². The number of nitrogens with zero attached hydrogens (tertiary/aromatic N) is 3. The average molecular weight is 346 g/mol. The monoisotopic (exact) mass is 346 g/mol. The molecule has 1 aliphatic heterocycles. The Labute approximate surface area is 144 Å². The molecule has 5 nitrogen and oxygen atoms in total. The van der Waals surface area contributed by atoms with Crippen LogP contribution in [0.3, 0.4) is 0 Å². The molecule has 0 spiro atoms. The second-order valence-corrected chi connectivity index (χ2v) is 6.94. The third-order valence-corrected chi connectivity index (χ3v) is 4.85. The van der Waals surface area contributed by atoms with E-state index in [0.29, 0.717) is 28.9 Å². The van der Waals surface area contributed by atoms with E-state index in [0.717, 1.165) is 17.7 Å². The van der Waals surface area contributed by atoms with Gasteiger partial charge in [-0.15, -0.1) is 0 Å². The number of amidine groups is 1. The van der Waals surface area contributed by atoms with Gasteiger partial charge in [0.25, 0.3) is 0 Å². The molecule has 3 rings (SSSR count). The molecule has 1 atom stereocenters. The van der Waals surface area contributed by atoms with Crippen molar-refractivity contribution < 1.29 is 9.13 Å². The highest BCUT2D eigenvalue weighted by molar-refractivity contribution is 8.13. The van der Waals surface area contributed by atoms with Crippen LogP contribution in [0, 0.1) is 5.82 Å². The minimum absolute atomic E-state index is 0.267. The predicted molar refractivity (Wildman–Crippen MR) is 93.8 cm³/mol. The largest absolute Gasteiger partial charge is 0.481 e. The molecule has 0 bridgehead atoms. The fraction of sp³-hybridized carbons (Fsp3) is 0.353. The fourth-order valence-corrected chi connectivity index (χ4v) is 3.71. The van der Waals surface area contributed by atoms with Crippen LogP contribution >= 0.6 is 11.8 Å². The van der Waals surface area contributed by atoms with Crippen molar-refractivity contribution in [2.45, 2.75) is 25.3 Å². The van der Waals surface area contributed by atoms with Gasteiger partial charge < -0.3 is 10.5 Å². The fourth-order valence-electron chi connectivity index (χ4n) is 2.74. The van der Waals surface area contributed by atoms with E-state index in [4.69, 9.17) is 10.5 Å². The number of thioether (sulfide) groups is 1. The van der Waals surface area contributed by atoms with E-state index in [9.17, 15) is 4.39 Å². The second-order valence-electron chi connectivity index (χ2n) is 5.83. The zero-order valence-electron chi connectivity index (χ0n) is 13.6. The first kappa shape index (κ1) is 16.7. The number of aliphatic imine (C=N–C) groups is 1. The number of aromatic nitrogens is 2. The Hall–Kier alpha value is -2.15. The van der Waals surface area contributed by atoms with Crippen molar-refractivity contribution in [2.24, 2.45) is 10.7 Å². The number of hydrogen-bond acceptors (Lipinski definition) is 6. The van der Waals surface area contributed by atoms with Crippen LogP contribution in [-0.2, 0) is 12.0 Å².